The van der Waals surface area contributed by atoms with E-state index >= 15 is 0 Å². The molecule has 1 aliphatic carbocycles. The van der Waals surface area contributed by atoms with E-state index in [1.807, 2.05) is 0 Å². The van der Waals surface area contributed by atoms with Crippen LogP contribution in [-0.4, -0.2) is 6.04 Å². The molecular formula is C12H24LiN. The van der Waals surface area contributed by atoms with Crippen LogP contribution in [-0.2, 0) is 0 Å². The minimum atomic E-state index is 0. The van der Waals surface area contributed by atoms with Crippen LogP contribution in [0.5, 0.6) is 0 Å². The van der Waals surface area contributed by atoms with Crippen molar-refractivity contribution in [3.63, 3.8) is 0 Å². The number of hydrogen-bond donors (Lipinski definition) is 0. The predicted molar refractivity (Wildman–Crippen MR) is 58.9 cm³/mol. The van der Waals surface area contributed by atoms with Gasteiger partial charge in [0.05, 0.1) is 0 Å². The van der Waals surface area contributed by atoms with Gasteiger partial charge in [0.1, 0.15) is 0 Å². The Bertz CT molecular complexity index is 105. The van der Waals surface area contributed by atoms with Gasteiger partial charge >= 0.3 is 18.9 Å². The molecule has 0 spiro atoms. The van der Waals surface area contributed by atoms with Crippen LogP contribution >= 0.6 is 0 Å². The van der Waals surface area contributed by atoms with Gasteiger partial charge in [0.25, 0.3) is 0 Å². The topological polar surface area (TPSA) is 23.8 Å². The quantitative estimate of drug-likeness (QED) is 0.518. The second kappa shape index (κ2) is 10.1. The molecule has 1 rings (SSSR count). The maximum absolute atomic E-state index is 7.80. The van der Waals surface area contributed by atoms with Gasteiger partial charge in [-0.2, -0.15) is 0 Å². The third-order valence-electron chi connectivity index (χ3n) is 3.11. The minimum Gasteiger partial charge on any atom is -0.675 e. The first-order chi connectivity index (χ1) is 6.39. The van der Waals surface area contributed by atoms with Crippen LogP contribution in [0.15, 0.2) is 0 Å². The molecule has 0 unspecified atom stereocenters. The molecule has 0 aromatic carbocycles. The summed E-state index contributed by atoms with van der Waals surface area (Å²) in [4.78, 5) is 0. The molecule has 78 valence electrons. The van der Waals surface area contributed by atoms with Crippen LogP contribution < -0.4 is 18.9 Å². The Kier molecular flexibility index (Phi) is 10.5. The predicted octanol–water partition coefficient (Wildman–Crippen LogP) is 1.72. The van der Waals surface area contributed by atoms with E-state index in [4.69, 9.17) is 5.73 Å². The van der Waals surface area contributed by atoms with Gasteiger partial charge in [-0.3, -0.25) is 0 Å². The van der Waals surface area contributed by atoms with E-state index in [-0.39, 0.29) is 24.9 Å². The van der Waals surface area contributed by atoms with E-state index < -0.39 is 0 Å². The molecule has 0 heterocycles. The van der Waals surface area contributed by atoms with Gasteiger partial charge in [-0.05, 0) is 0 Å². The van der Waals surface area contributed by atoms with Crippen LogP contribution in [0, 0.1) is 0 Å². The van der Waals surface area contributed by atoms with Gasteiger partial charge in [-0.1, -0.05) is 70.6 Å². The van der Waals surface area contributed by atoms with E-state index in [1.165, 1.54) is 57.8 Å². The Morgan fingerprint density at radius 1 is 0.571 bits per heavy atom. The van der Waals surface area contributed by atoms with Gasteiger partial charge in [0.2, 0.25) is 0 Å². The second-order valence-electron chi connectivity index (χ2n) is 4.46. The summed E-state index contributed by atoms with van der Waals surface area (Å²) in [5.41, 5.74) is 7.80. The Hall–Kier alpha value is 0.557. The third kappa shape index (κ3) is 7.92. The first-order valence-corrected chi connectivity index (χ1v) is 6.11. The van der Waals surface area contributed by atoms with Crippen molar-refractivity contribution < 1.29 is 18.9 Å². The fourth-order valence-corrected chi connectivity index (χ4v) is 2.16. The molecule has 2 heteroatoms. The smallest absolute Gasteiger partial charge is 0.675 e. The molecule has 0 bridgehead atoms. The zero-order chi connectivity index (χ0) is 9.36. The summed E-state index contributed by atoms with van der Waals surface area (Å²) in [6, 6.07) is 0.249. The molecule has 1 nitrogen and oxygen atoms in total. The van der Waals surface area contributed by atoms with Crippen molar-refractivity contribution in [2.24, 2.45) is 0 Å². The molecule has 14 heavy (non-hydrogen) atoms. The van der Waals surface area contributed by atoms with Crippen LogP contribution in [0.2, 0.25) is 0 Å². The van der Waals surface area contributed by atoms with E-state index in [0.29, 0.717) is 0 Å². The SMILES string of the molecule is [Li+].[NH-]C1CCCCCCCCCCC1. The standard InChI is InChI=1S/C12H24N.Li/c13-12-10-8-6-4-2-1-3-5-7-9-11-12;/h12-13H,1-11H2;/q-1;+1. The first kappa shape index (κ1) is 14.6. The molecule has 0 radical (unpaired) electrons. The molecule has 1 aliphatic rings. The summed E-state index contributed by atoms with van der Waals surface area (Å²) in [6.07, 6.45) is 14.8. The fraction of sp³-hybridized carbons (Fsp3) is 1.00. The molecule has 0 aromatic rings. The average Bonchev–Trinajstić information content (AvgIpc) is 2.11. The van der Waals surface area contributed by atoms with Crippen molar-refractivity contribution >= 4 is 0 Å². The molecule has 1 N–H and O–H groups in total. The molecule has 1 fully saturated rings. The van der Waals surface area contributed by atoms with Crippen molar-refractivity contribution in [3.8, 4) is 0 Å². The summed E-state index contributed by atoms with van der Waals surface area (Å²) < 4.78 is 0. The Morgan fingerprint density at radius 3 is 1.21 bits per heavy atom. The zero-order valence-corrected chi connectivity index (χ0v) is 9.86. The van der Waals surface area contributed by atoms with Crippen molar-refractivity contribution in [2.75, 3.05) is 0 Å². The first-order valence-electron chi connectivity index (χ1n) is 6.11. The summed E-state index contributed by atoms with van der Waals surface area (Å²) in [5, 5.41) is 0. The summed E-state index contributed by atoms with van der Waals surface area (Å²) in [5.74, 6) is 0. The van der Waals surface area contributed by atoms with Gasteiger partial charge in [-0.25, -0.2) is 0 Å². The molecule has 0 saturated heterocycles. The summed E-state index contributed by atoms with van der Waals surface area (Å²) in [7, 11) is 0. The van der Waals surface area contributed by atoms with Crippen molar-refractivity contribution in [2.45, 2.75) is 76.7 Å². The zero-order valence-electron chi connectivity index (χ0n) is 9.86. The van der Waals surface area contributed by atoms with Crippen LogP contribution in [0.1, 0.15) is 70.6 Å². The normalized spacial score (nSPS) is 22.9. The van der Waals surface area contributed by atoms with Crippen LogP contribution in [0.25, 0.3) is 5.73 Å². The monoisotopic (exact) mass is 189 g/mol. The number of rotatable bonds is 0. The maximum atomic E-state index is 7.80. The van der Waals surface area contributed by atoms with E-state index in [1.54, 1.807) is 0 Å². The van der Waals surface area contributed by atoms with Crippen molar-refractivity contribution in [1.82, 2.24) is 0 Å². The van der Waals surface area contributed by atoms with Crippen molar-refractivity contribution in [3.05, 3.63) is 5.73 Å². The third-order valence-corrected chi connectivity index (χ3v) is 3.11. The van der Waals surface area contributed by atoms with E-state index in [0.717, 1.165) is 12.8 Å². The van der Waals surface area contributed by atoms with Crippen LogP contribution in [0.3, 0.4) is 0 Å². The van der Waals surface area contributed by atoms with E-state index in [2.05, 4.69) is 0 Å². The molecule has 0 aliphatic heterocycles. The molecule has 1 saturated carbocycles. The van der Waals surface area contributed by atoms with E-state index in [9.17, 15) is 0 Å². The number of hydrogen-bond acceptors (Lipinski definition) is 0. The summed E-state index contributed by atoms with van der Waals surface area (Å²) in [6.45, 7) is 0. The molecular weight excluding hydrogens is 165 g/mol. The van der Waals surface area contributed by atoms with Gasteiger partial charge in [-0.15, -0.1) is 6.04 Å². The Morgan fingerprint density at radius 2 is 0.857 bits per heavy atom. The van der Waals surface area contributed by atoms with Gasteiger partial charge in [0, 0.05) is 0 Å². The minimum absolute atomic E-state index is 0. The Balaban J connectivity index is 0.00000169. The van der Waals surface area contributed by atoms with Gasteiger partial charge in [0.15, 0.2) is 0 Å². The molecule has 0 amide bonds. The second-order valence-corrected chi connectivity index (χ2v) is 4.46. The van der Waals surface area contributed by atoms with Crippen molar-refractivity contribution in [1.29, 1.82) is 0 Å². The average molecular weight is 189 g/mol. The largest absolute Gasteiger partial charge is 1.00 e. The Labute approximate surface area is 101 Å². The molecule has 0 aromatic heterocycles. The molecule has 0 atom stereocenters. The maximum Gasteiger partial charge on any atom is 1.00 e. The summed E-state index contributed by atoms with van der Waals surface area (Å²) >= 11 is 0. The van der Waals surface area contributed by atoms with Gasteiger partial charge < -0.3 is 5.73 Å². The number of nitrogens with one attached hydrogen (secondary N) is 1. The van der Waals surface area contributed by atoms with Crippen LogP contribution in [0.4, 0.5) is 0 Å². The fourth-order valence-electron chi connectivity index (χ4n) is 2.16.